The molecule has 0 aromatic heterocycles. The molecule has 0 saturated carbocycles. The summed E-state index contributed by atoms with van der Waals surface area (Å²) < 4.78 is 6.30. The summed E-state index contributed by atoms with van der Waals surface area (Å²) in [5, 5.41) is 4.36. The zero-order valence-corrected chi connectivity index (χ0v) is 13.6. The minimum atomic E-state index is -0.0666. The summed E-state index contributed by atoms with van der Waals surface area (Å²) in [6.07, 6.45) is 5.88. The van der Waals surface area contributed by atoms with E-state index in [1.54, 1.807) is 0 Å². The largest absolute Gasteiger partial charge is 0.487 e. The van der Waals surface area contributed by atoms with Crippen LogP contribution in [0, 0.1) is 0 Å². The molecule has 0 fully saturated rings. The molecule has 1 aliphatic heterocycles. The van der Waals surface area contributed by atoms with Crippen LogP contribution in [0.1, 0.15) is 64.5 Å². The van der Waals surface area contributed by atoms with Crippen LogP contribution in [0.5, 0.6) is 5.75 Å². The van der Waals surface area contributed by atoms with Crippen molar-refractivity contribution in [2.24, 2.45) is 0 Å². The number of unbranched alkanes of at least 4 members (excludes halogenated alkanes) is 2. The van der Waals surface area contributed by atoms with Crippen molar-refractivity contribution in [2.75, 3.05) is 6.54 Å². The van der Waals surface area contributed by atoms with Crippen molar-refractivity contribution >= 4 is 11.6 Å². The number of hydrogen-bond acceptors (Lipinski definition) is 2. The van der Waals surface area contributed by atoms with Gasteiger partial charge in [-0.2, -0.15) is 0 Å². The van der Waals surface area contributed by atoms with Gasteiger partial charge in [-0.05, 0) is 44.5 Å². The smallest absolute Gasteiger partial charge is 0.125 e. The number of hydrogen-bond donors (Lipinski definition) is 1. The van der Waals surface area contributed by atoms with Crippen molar-refractivity contribution in [1.29, 1.82) is 0 Å². The maximum atomic E-state index is 6.30. The summed E-state index contributed by atoms with van der Waals surface area (Å²) in [7, 11) is 0. The summed E-state index contributed by atoms with van der Waals surface area (Å²) in [6.45, 7) is 7.59. The van der Waals surface area contributed by atoms with Gasteiger partial charge < -0.3 is 10.1 Å². The first-order chi connectivity index (χ1) is 9.58. The molecular formula is C17H26ClNO. The van der Waals surface area contributed by atoms with Gasteiger partial charge in [-0.3, -0.25) is 0 Å². The molecule has 112 valence electrons. The third-order valence-corrected chi connectivity index (χ3v) is 4.33. The van der Waals surface area contributed by atoms with Crippen LogP contribution in [-0.2, 0) is 0 Å². The van der Waals surface area contributed by atoms with E-state index >= 15 is 0 Å². The Morgan fingerprint density at radius 1 is 1.35 bits per heavy atom. The van der Waals surface area contributed by atoms with Gasteiger partial charge in [0.15, 0.2) is 0 Å². The zero-order valence-electron chi connectivity index (χ0n) is 12.8. The fourth-order valence-corrected chi connectivity index (χ4v) is 3.24. The predicted molar refractivity (Wildman–Crippen MR) is 85.7 cm³/mol. The van der Waals surface area contributed by atoms with Crippen LogP contribution in [0.2, 0.25) is 5.02 Å². The van der Waals surface area contributed by atoms with E-state index in [4.69, 9.17) is 16.3 Å². The van der Waals surface area contributed by atoms with Crippen LogP contribution >= 0.6 is 11.6 Å². The van der Waals surface area contributed by atoms with Gasteiger partial charge in [0.1, 0.15) is 11.4 Å². The molecule has 0 spiro atoms. The van der Waals surface area contributed by atoms with Crippen molar-refractivity contribution in [3.05, 3.63) is 28.8 Å². The zero-order chi connectivity index (χ0) is 14.6. The van der Waals surface area contributed by atoms with Crippen molar-refractivity contribution in [1.82, 2.24) is 5.32 Å². The summed E-state index contributed by atoms with van der Waals surface area (Å²) in [6, 6.07) is 6.31. The first kappa shape index (κ1) is 15.7. The molecule has 1 aromatic carbocycles. The molecule has 0 amide bonds. The molecule has 2 atom stereocenters. The van der Waals surface area contributed by atoms with E-state index < -0.39 is 0 Å². The molecule has 2 nitrogen and oxygen atoms in total. The van der Waals surface area contributed by atoms with Crippen LogP contribution in [0.4, 0.5) is 0 Å². The van der Waals surface area contributed by atoms with Crippen LogP contribution in [0.15, 0.2) is 18.2 Å². The fraction of sp³-hybridized carbons (Fsp3) is 0.647. The highest BCUT2D eigenvalue weighted by Crippen LogP contribution is 2.42. The Hall–Kier alpha value is -0.730. The maximum absolute atomic E-state index is 6.30. The third kappa shape index (κ3) is 3.67. The Bertz CT molecular complexity index is 449. The molecule has 20 heavy (non-hydrogen) atoms. The van der Waals surface area contributed by atoms with Crippen molar-refractivity contribution in [3.63, 3.8) is 0 Å². The highest BCUT2D eigenvalue weighted by Gasteiger charge is 2.36. The number of halogens is 1. The predicted octanol–water partition coefficient (Wildman–Crippen LogP) is 5.11. The average Bonchev–Trinajstić information content (AvgIpc) is 2.40. The van der Waals surface area contributed by atoms with Gasteiger partial charge in [0.05, 0.1) is 0 Å². The number of benzene rings is 1. The molecule has 2 rings (SSSR count). The van der Waals surface area contributed by atoms with E-state index in [2.05, 4.69) is 26.1 Å². The van der Waals surface area contributed by atoms with E-state index in [0.717, 1.165) is 30.2 Å². The Balaban J connectivity index is 2.19. The SMILES string of the molecule is CCCCCC1(C)CC(NCC)c2cc(Cl)ccc2O1. The van der Waals surface area contributed by atoms with E-state index in [-0.39, 0.29) is 5.60 Å². The topological polar surface area (TPSA) is 21.3 Å². The molecule has 1 heterocycles. The number of fused-ring (bicyclic) bond motifs is 1. The van der Waals surface area contributed by atoms with Crippen LogP contribution < -0.4 is 10.1 Å². The molecule has 1 aliphatic rings. The van der Waals surface area contributed by atoms with Crippen LogP contribution in [0.25, 0.3) is 0 Å². The molecule has 0 radical (unpaired) electrons. The lowest BCUT2D eigenvalue weighted by Gasteiger charge is -2.40. The number of ether oxygens (including phenoxy) is 1. The summed E-state index contributed by atoms with van der Waals surface area (Å²) >= 11 is 6.13. The van der Waals surface area contributed by atoms with Gasteiger partial charge >= 0.3 is 0 Å². The van der Waals surface area contributed by atoms with Gasteiger partial charge in [-0.25, -0.2) is 0 Å². The monoisotopic (exact) mass is 295 g/mol. The van der Waals surface area contributed by atoms with E-state index in [9.17, 15) is 0 Å². The van der Waals surface area contributed by atoms with Crippen molar-refractivity contribution in [3.8, 4) is 5.75 Å². The molecular weight excluding hydrogens is 270 g/mol. The van der Waals surface area contributed by atoms with E-state index in [1.165, 1.54) is 24.8 Å². The van der Waals surface area contributed by atoms with Crippen molar-refractivity contribution in [2.45, 2.75) is 64.5 Å². The lowest BCUT2D eigenvalue weighted by molar-refractivity contribution is 0.0376. The van der Waals surface area contributed by atoms with Crippen LogP contribution in [0.3, 0.4) is 0 Å². The molecule has 1 aromatic rings. The Labute approximate surface area is 127 Å². The maximum Gasteiger partial charge on any atom is 0.125 e. The van der Waals surface area contributed by atoms with Gasteiger partial charge in [0.25, 0.3) is 0 Å². The molecule has 2 unspecified atom stereocenters. The first-order valence-electron chi connectivity index (χ1n) is 7.80. The van der Waals surface area contributed by atoms with Gasteiger partial charge in [0.2, 0.25) is 0 Å². The minimum Gasteiger partial charge on any atom is -0.487 e. The Morgan fingerprint density at radius 3 is 2.85 bits per heavy atom. The molecule has 1 N–H and O–H groups in total. The Morgan fingerprint density at radius 2 is 2.15 bits per heavy atom. The number of rotatable bonds is 6. The van der Waals surface area contributed by atoms with Gasteiger partial charge in [0, 0.05) is 23.0 Å². The lowest BCUT2D eigenvalue weighted by atomic mass is 9.85. The standard InChI is InChI=1S/C17H26ClNO/c1-4-6-7-10-17(3)12-15(19-5-2)14-11-13(18)8-9-16(14)20-17/h8-9,11,15,19H,4-7,10,12H2,1-3H3. The molecule has 0 saturated heterocycles. The fourth-order valence-electron chi connectivity index (χ4n) is 3.06. The Kier molecular flexibility index (Phi) is 5.34. The second kappa shape index (κ2) is 6.82. The third-order valence-electron chi connectivity index (χ3n) is 4.10. The van der Waals surface area contributed by atoms with Crippen LogP contribution in [-0.4, -0.2) is 12.1 Å². The van der Waals surface area contributed by atoms with Gasteiger partial charge in [-0.1, -0.05) is 38.3 Å². The highest BCUT2D eigenvalue weighted by atomic mass is 35.5. The minimum absolute atomic E-state index is 0.0666. The second-order valence-corrected chi connectivity index (χ2v) is 6.44. The molecule has 3 heteroatoms. The lowest BCUT2D eigenvalue weighted by Crippen LogP contribution is -2.41. The second-order valence-electron chi connectivity index (χ2n) is 6.01. The summed E-state index contributed by atoms with van der Waals surface area (Å²) in [5.74, 6) is 0.991. The van der Waals surface area contributed by atoms with Gasteiger partial charge in [-0.15, -0.1) is 0 Å². The summed E-state index contributed by atoms with van der Waals surface area (Å²) in [5.41, 5.74) is 1.13. The first-order valence-corrected chi connectivity index (χ1v) is 8.17. The molecule has 0 bridgehead atoms. The van der Waals surface area contributed by atoms with E-state index in [1.807, 2.05) is 18.2 Å². The highest BCUT2D eigenvalue weighted by molar-refractivity contribution is 6.30. The number of nitrogens with one attached hydrogen (secondary N) is 1. The average molecular weight is 296 g/mol. The molecule has 0 aliphatic carbocycles. The quantitative estimate of drug-likeness (QED) is 0.736. The summed E-state index contributed by atoms with van der Waals surface area (Å²) in [4.78, 5) is 0. The van der Waals surface area contributed by atoms with Crippen molar-refractivity contribution < 1.29 is 4.74 Å². The normalized spacial score (nSPS) is 25.1. The van der Waals surface area contributed by atoms with E-state index in [0.29, 0.717) is 6.04 Å².